The van der Waals surface area contributed by atoms with Crippen LogP contribution < -0.4 is 0 Å². The lowest BCUT2D eigenvalue weighted by molar-refractivity contribution is 0.0690. The van der Waals surface area contributed by atoms with Gasteiger partial charge < -0.3 is 9.88 Å². The van der Waals surface area contributed by atoms with Crippen molar-refractivity contribution in [2.45, 2.75) is 12.5 Å². The van der Waals surface area contributed by atoms with Gasteiger partial charge >= 0.3 is 0 Å². The lowest BCUT2D eigenvalue weighted by Crippen LogP contribution is -2.40. The van der Waals surface area contributed by atoms with Crippen molar-refractivity contribution in [3.05, 3.63) is 102 Å². The molecule has 4 heterocycles. The molecule has 0 saturated carbocycles. The second-order valence-corrected chi connectivity index (χ2v) is 8.28. The van der Waals surface area contributed by atoms with Gasteiger partial charge in [0, 0.05) is 55.4 Å². The summed E-state index contributed by atoms with van der Waals surface area (Å²) < 4.78 is 1.86. The highest BCUT2D eigenvalue weighted by Gasteiger charge is 2.34. The molecule has 5 aromatic rings. The molecule has 162 valence electrons. The van der Waals surface area contributed by atoms with Gasteiger partial charge in [0.15, 0.2) is 0 Å². The Morgan fingerprint density at radius 2 is 1.94 bits per heavy atom. The normalized spacial score (nSPS) is 15.5. The van der Waals surface area contributed by atoms with Crippen molar-refractivity contribution in [3.8, 4) is 11.3 Å². The number of carbonyl (C=O) groups is 1. The first-order valence-corrected chi connectivity index (χ1v) is 10.9. The van der Waals surface area contributed by atoms with Crippen LogP contribution in [-0.2, 0) is 13.5 Å². The average molecular weight is 435 g/mol. The molecule has 1 unspecified atom stereocenters. The third kappa shape index (κ3) is 3.20. The highest BCUT2D eigenvalue weighted by atomic mass is 16.2. The molecule has 1 N–H and O–H groups in total. The molecule has 1 amide bonds. The summed E-state index contributed by atoms with van der Waals surface area (Å²) >= 11 is 0. The lowest BCUT2D eigenvalue weighted by atomic mass is 9.94. The van der Waals surface area contributed by atoms with E-state index in [-0.39, 0.29) is 11.9 Å². The molecule has 7 heteroatoms. The zero-order chi connectivity index (χ0) is 22.4. The number of aryl methyl sites for hydroxylation is 1. The van der Waals surface area contributed by atoms with Crippen LogP contribution in [0.4, 0.5) is 0 Å². The Hall–Kier alpha value is -4.26. The number of imidazole rings is 1. The molecule has 0 aliphatic carbocycles. The van der Waals surface area contributed by atoms with Gasteiger partial charge in [-0.2, -0.15) is 5.10 Å². The summed E-state index contributed by atoms with van der Waals surface area (Å²) in [5.41, 5.74) is 5.80. The van der Waals surface area contributed by atoms with Crippen molar-refractivity contribution < 1.29 is 4.79 Å². The van der Waals surface area contributed by atoms with Crippen LogP contribution in [0, 0.1) is 0 Å². The van der Waals surface area contributed by atoms with Crippen LogP contribution in [0.15, 0.2) is 79.5 Å². The monoisotopic (exact) mass is 434 g/mol. The zero-order valence-electron chi connectivity index (χ0n) is 18.1. The predicted molar refractivity (Wildman–Crippen MR) is 126 cm³/mol. The Labute approximate surface area is 190 Å². The van der Waals surface area contributed by atoms with Crippen molar-refractivity contribution >= 4 is 16.7 Å². The number of aromatic nitrogens is 5. The topological polar surface area (TPSA) is 79.7 Å². The van der Waals surface area contributed by atoms with E-state index in [0.29, 0.717) is 12.1 Å². The molecule has 1 aliphatic heterocycles. The largest absolute Gasteiger partial charge is 0.348 e. The van der Waals surface area contributed by atoms with Gasteiger partial charge in [0.2, 0.25) is 0 Å². The van der Waals surface area contributed by atoms with Gasteiger partial charge in [0.05, 0.1) is 17.7 Å². The maximum Gasteiger partial charge on any atom is 0.254 e. The molecule has 33 heavy (non-hydrogen) atoms. The number of fused-ring (bicyclic) bond motifs is 2. The van der Waals surface area contributed by atoms with Crippen molar-refractivity contribution in [2.75, 3.05) is 6.54 Å². The second kappa shape index (κ2) is 7.70. The highest BCUT2D eigenvalue weighted by molar-refractivity contribution is 6.02. The van der Waals surface area contributed by atoms with Gasteiger partial charge in [-0.15, -0.1) is 0 Å². The summed E-state index contributed by atoms with van der Waals surface area (Å²) in [7, 11) is 1.94. The summed E-state index contributed by atoms with van der Waals surface area (Å²) in [6.07, 6.45) is 7.78. The summed E-state index contributed by atoms with van der Waals surface area (Å²) in [5.74, 6) is -0.00158. The molecule has 3 aromatic heterocycles. The Bertz CT molecular complexity index is 1470. The van der Waals surface area contributed by atoms with Gasteiger partial charge in [0.1, 0.15) is 6.04 Å². The Morgan fingerprint density at radius 1 is 1.06 bits per heavy atom. The maximum atomic E-state index is 13.8. The molecule has 0 spiro atoms. The van der Waals surface area contributed by atoms with Crippen LogP contribution >= 0.6 is 0 Å². The third-order valence-corrected chi connectivity index (χ3v) is 6.43. The van der Waals surface area contributed by atoms with Crippen LogP contribution in [0.3, 0.4) is 0 Å². The zero-order valence-corrected chi connectivity index (χ0v) is 18.1. The third-order valence-electron chi connectivity index (χ3n) is 6.43. The van der Waals surface area contributed by atoms with Crippen LogP contribution in [0.25, 0.3) is 22.0 Å². The number of benzene rings is 2. The minimum atomic E-state index is -0.244. The molecule has 0 saturated heterocycles. The molecule has 0 bridgehead atoms. The Balaban J connectivity index is 1.41. The van der Waals surface area contributed by atoms with Gasteiger partial charge in [-0.3, -0.25) is 14.5 Å². The smallest absolute Gasteiger partial charge is 0.254 e. The van der Waals surface area contributed by atoms with E-state index in [2.05, 4.69) is 26.1 Å². The van der Waals surface area contributed by atoms with Crippen molar-refractivity contribution in [3.63, 3.8) is 0 Å². The van der Waals surface area contributed by atoms with Crippen LogP contribution in [0.5, 0.6) is 0 Å². The van der Waals surface area contributed by atoms with Gasteiger partial charge in [-0.25, -0.2) is 4.98 Å². The summed E-state index contributed by atoms with van der Waals surface area (Å²) in [6.45, 7) is 0.619. The first-order chi connectivity index (χ1) is 16.2. The number of hydrogen-bond donors (Lipinski definition) is 1. The number of nitrogens with one attached hydrogen (secondary N) is 1. The number of rotatable bonds is 3. The molecule has 1 aliphatic rings. The number of hydrogen-bond acceptors (Lipinski definition) is 4. The fourth-order valence-electron chi connectivity index (χ4n) is 4.82. The van der Waals surface area contributed by atoms with E-state index in [0.717, 1.165) is 45.4 Å². The number of aromatic amines is 1. The van der Waals surface area contributed by atoms with E-state index < -0.39 is 0 Å². The number of pyridine rings is 1. The van der Waals surface area contributed by atoms with E-state index in [9.17, 15) is 4.79 Å². The van der Waals surface area contributed by atoms with E-state index in [1.807, 2.05) is 65.2 Å². The maximum absolute atomic E-state index is 13.8. The van der Waals surface area contributed by atoms with Crippen LogP contribution in [0.1, 0.15) is 33.4 Å². The standard InChI is InChI=1S/C26H22N6O/c1-31-23(9-13-30-31)21-4-2-3-18-15-19(5-6-20(18)21)26(33)32-14-10-22-24(29-16-28-22)25(32)17-7-11-27-12-8-17/h2-9,11-13,15-16,25H,10,14H2,1H3,(H,28,29). The molecule has 1 atom stereocenters. The summed E-state index contributed by atoms with van der Waals surface area (Å²) in [6, 6.07) is 17.8. The van der Waals surface area contributed by atoms with Crippen molar-refractivity contribution in [1.29, 1.82) is 0 Å². The second-order valence-electron chi connectivity index (χ2n) is 8.28. The minimum absolute atomic E-state index is 0.00158. The molecule has 6 rings (SSSR count). The summed E-state index contributed by atoms with van der Waals surface area (Å²) in [4.78, 5) is 27.6. The van der Waals surface area contributed by atoms with Gasteiger partial charge in [-0.1, -0.05) is 24.3 Å². The number of carbonyl (C=O) groups excluding carboxylic acids is 1. The molecular formula is C26H22N6O. The highest BCUT2D eigenvalue weighted by Crippen LogP contribution is 2.35. The van der Waals surface area contributed by atoms with Gasteiger partial charge in [0.25, 0.3) is 5.91 Å². The molecule has 2 aromatic carbocycles. The Morgan fingerprint density at radius 3 is 2.76 bits per heavy atom. The molecule has 7 nitrogen and oxygen atoms in total. The van der Waals surface area contributed by atoms with Gasteiger partial charge in [-0.05, 0) is 46.7 Å². The molecule has 0 radical (unpaired) electrons. The van der Waals surface area contributed by atoms with E-state index in [4.69, 9.17) is 0 Å². The number of H-pyrrole nitrogens is 1. The first kappa shape index (κ1) is 19.4. The SMILES string of the molecule is Cn1nccc1-c1cccc2cc(C(=O)N3CCc4[nH]cnc4C3c3ccncc3)ccc12. The van der Waals surface area contributed by atoms with Crippen LogP contribution in [-0.4, -0.2) is 42.1 Å². The molecular weight excluding hydrogens is 412 g/mol. The van der Waals surface area contributed by atoms with Crippen molar-refractivity contribution in [2.24, 2.45) is 7.05 Å². The van der Waals surface area contributed by atoms with E-state index in [1.165, 1.54) is 0 Å². The predicted octanol–water partition coefficient (Wildman–Crippen LogP) is 4.15. The van der Waals surface area contributed by atoms with E-state index in [1.54, 1.807) is 24.9 Å². The van der Waals surface area contributed by atoms with Crippen molar-refractivity contribution in [1.82, 2.24) is 29.6 Å². The fraction of sp³-hybridized carbons (Fsp3) is 0.154. The summed E-state index contributed by atoms with van der Waals surface area (Å²) in [5, 5.41) is 6.42. The quantitative estimate of drug-likeness (QED) is 0.463. The lowest BCUT2D eigenvalue weighted by Gasteiger charge is -2.35. The number of amides is 1. The fourth-order valence-corrected chi connectivity index (χ4v) is 4.82. The molecule has 0 fully saturated rings. The van der Waals surface area contributed by atoms with Crippen LogP contribution in [0.2, 0.25) is 0 Å². The average Bonchev–Trinajstić information content (AvgIpc) is 3.51. The minimum Gasteiger partial charge on any atom is -0.348 e. The first-order valence-electron chi connectivity index (χ1n) is 10.9. The van der Waals surface area contributed by atoms with E-state index >= 15 is 0 Å². The number of nitrogens with zero attached hydrogens (tertiary/aromatic N) is 5. The Kier molecular flexibility index (Phi) is 4.54.